The van der Waals surface area contributed by atoms with Gasteiger partial charge in [0.25, 0.3) is 5.56 Å². The lowest BCUT2D eigenvalue weighted by Gasteiger charge is -2.03. The molecule has 0 atom stereocenters. The zero-order valence-electron chi connectivity index (χ0n) is 12.9. The van der Waals surface area contributed by atoms with Gasteiger partial charge in [0.2, 0.25) is 0 Å². The SMILES string of the molecule is Cc1cncc(-n2cc3nc(-n4ncc(=O)n(S)c4=O)ccc3n2)c1. The number of aromatic nitrogens is 7. The lowest BCUT2D eigenvalue weighted by Crippen LogP contribution is -2.36. The lowest BCUT2D eigenvalue weighted by molar-refractivity contribution is 0.719. The second kappa shape index (κ2) is 5.67. The minimum Gasteiger partial charge on any atom is -0.266 e. The van der Waals surface area contributed by atoms with Crippen molar-refractivity contribution in [2.75, 3.05) is 0 Å². The Morgan fingerprint density at radius 3 is 2.72 bits per heavy atom. The largest absolute Gasteiger partial charge is 0.363 e. The summed E-state index contributed by atoms with van der Waals surface area (Å²) in [5.41, 5.74) is 1.74. The van der Waals surface area contributed by atoms with Gasteiger partial charge in [0, 0.05) is 6.20 Å². The fourth-order valence-electron chi connectivity index (χ4n) is 2.36. The van der Waals surface area contributed by atoms with E-state index < -0.39 is 11.2 Å². The van der Waals surface area contributed by atoms with Crippen LogP contribution in [0.4, 0.5) is 0 Å². The van der Waals surface area contributed by atoms with Crippen LogP contribution in [-0.4, -0.2) is 33.5 Å². The highest BCUT2D eigenvalue weighted by molar-refractivity contribution is 7.78. The number of hydrogen-bond donors (Lipinski definition) is 1. The van der Waals surface area contributed by atoms with Gasteiger partial charge in [-0.05, 0) is 30.7 Å². The first-order chi connectivity index (χ1) is 12.0. The van der Waals surface area contributed by atoms with E-state index in [1.54, 1.807) is 35.4 Å². The Morgan fingerprint density at radius 1 is 1.08 bits per heavy atom. The Morgan fingerprint density at radius 2 is 1.92 bits per heavy atom. The predicted molar refractivity (Wildman–Crippen MR) is 93.4 cm³/mol. The number of pyridine rings is 2. The molecule has 9 nitrogen and oxygen atoms in total. The second-order valence-electron chi connectivity index (χ2n) is 5.36. The van der Waals surface area contributed by atoms with E-state index in [9.17, 15) is 9.59 Å². The van der Waals surface area contributed by atoms with Crippen molar-refractivity contribution >= 4 is 23.8 Å². The van der Waals surface area contributed by atoms with E-state index in [4.69, 9.17) is 0 Å². The average molecular weight is 353 g/mol. The van der Waals surface area contributed by atoms with E-state index in [2.05, 4.69) is 33.0 Å². The van der Waals surface area contributed by atoms with Crippen molar-refractivity contribution in [2.45, 2.75) is 6.92 Å². The van der Waals surface area contributed by atoms with Gasteiger partial charge < -0.3 is 0 Å². The zero-order chi connectivity index (χ0) is 17.6. The summed E-state index contributed by atoms with van der Waals surface area (Å²) in [7, 11) is 0. The topological polar surface area (TPSA) is 100 Å². The molecule has 4 aromatic rings. The summed E-state index contributed by atoms with van der Waals surface area (Å²) in [5.74, 6) is 0.266. The number of aryl methyl sites for hydroxylation is 1. The molecular formula is C15H11N7O2S. The van der Waals surface area contributed by atoms with Gasteiger partial charge in [-0.15, -0.1) is 0 Å². The third kappa shape index (κ3) is 2.62. The monoisotopic (exact) mass is 353 g/mol. The first kappa shape index (κ1) is 15.3. The Kier molecular flexibility index (Phi) is 3.46. The maximum absolute atomic E-state index is 12.1. The standard InChI is InChI=1S/C15H11N7O2S/c1-9-4-10(6-16-5-9)20-8-12-11(19-20)2-3-13(18-12)21-15(24)22(25)14(23)7-17-21/h2-8,25H,1H3. The minimum atomic E-state index is -0.696. The van der Waals surface area contributed by atoms with E-state index in [0.717, 1.165) is 22.1 Å². The van der Waals surface area contributed by atoms with Gasteiger partial charge in [0.15, 0.2) is 5.82 Å². The molecule has 0 unspecified atom stereocenters. The number of nitrogens with zero attached hydrogens (tertiary/aromatic N) is 7. The smallest absolute Gasteiger partial charge is 0.266 e. The summed E-state index contributed by atoms with van der Waals surface area (Å²) in [4.78, 5) is 32.0. The predicted octanol–water partition coefficient (Wildman–Crippen LogP) is 0.524. The van der Waals surface area contributed by atoms with Crippen molar-refractivity contribution in [3.05, 3.63) is 69.4 Å². The van der Waals surface area contributed by atoms with Crippen LogP contribution in [0.1, 0.15) is 5.56 Å². The first-order valence-electron chi connectivity index (χ1n) is 7.22. The van der Waals surface area contributed by atoms with E-state index in [1.165, 1.54) is 0 Å². The normalized spacial score (nSPS) is 11.1. The number of fused-ring (bicyclic) bond motifs is 1. The summed E-state index contributed by atoms with van der Waals surface area (Å²) in [6.07, 6.45) is 6.19. The van der Waals surface area contributed by atoms with Gasteiger partial charge in [-0.3, -0.25) is 9.78 Å². The van der Waals surface area contributed by atoms with Gasteiger partial charge in [-0.25, -0.2) is 18.4 Å². The zero-order valence-corrected chi connectivity index (χ0v) is 13.8. The van der Waals surface area contributed by atoms with Crippen LogP contribution in [0.5, 0.6) is 0 Å². The summed E-state index contributed by atoms with van der Waals surface area (Å²) in [6, 6.07) is 5.27. The molecule has 4 aromatic heterocycles. The highest BCUT2D eigenvalue weighted by atomic mass is 32.1. The number of rotatable bonds is 2. The molecule has 0 amide bonds. The molecular weight excluding hydrogens is 342 g/mol. The van der Waals surface area contributed by atoms with Crippen LogP contribution in [0.15, 0.2) is 52.6 Å². The molecule has 0 spiro atoms. The Hall–Kier alpha value is -3.27. The molecule has 0 aliphatic carbocycles. The van der Waals surface area contributed by atoms with Gasteiger partial charge in [-0.2, -0.15) is 14.9 Å². The number of thiol groups is 1. The third-order valence-electron chi connectivity index (χ3n) is 3.54. The van der Waals surface area contributed by atoms with Gasteiger partial charge in [0.05, 0.1) is 18.1 Å². The minimum absolute atomic E-state index is 0.266. The van der Waals surface area contributed by atoms with Crippen LogP contribution in [0.25, 0.3) is 22.5 Å². The van der Waals surface area contributed by atoms with Crippen molar-refractivity contribution in [1.82, 2.24) is 33.5 Å². The quantitative estimate of drug-likeness (QED) is 0.528. The lowest BCUT2D eigenvalue weighted by atomic mass is 10.3. The Balaban J connectivity index is 1.85. The maximum Gasteiger partial charge on any atom is 0.363 e. The molecule has 0 fully saturated rings. The van der Waals surface area contributed by atoms with Crippen LogP contribution >= 0.6 is 12.8 Å². The van der Waals surface area contributed by atoms with Crippen LogP contribution in [0.3, 0.4) is 0 Å². The molecule has 0 radical (unpaired) electrons. The molecule has 0 saturated heterocycles. The molecule has 0 N–H and O–H groups in total. The fraction of sp³-hybridized carbons (Fsp3) is 0.0667. The van der Waals surface area contributed by atoms with E-state index in [0.29, 0.717) is 15.0 Å². The molecule has 0 aromatic carbocycles. The van der Waals surface area contributed by atoms with Crippen LogP contribution in [-0.2, 0) is 0 Å². The van der Waals surface area contributed by atoms with Gasteiger partial charge >= 0.3 is 5.69 Å². The molecule has 124 valence electrons. The second-order valence-corrected chi connectivity index (χ2v) is 5.76. The maximum atomic E-state index is 12.1. The molecule has 0 bridgehead atoms. The Bertz CT molecular complexity index is 1220. The molecule has 4 rings (SSSR count). The van der Waals surface area contributed by atoms with Crippen molar-refractivity contribution in [1.29, 1.82) is 0 Å². The highest BCUT2D eigenvalue weighted by Crippen LogP contribution is 2.15. The van der Waals surface area contributed by atoms with Crippen LogP contribution in [0, 0.1) is 6.92 Å². The van der Waals surface area contributed by atoms with E-state index in [1.807, 2.05) is 13.0 Å². The molecule has 0 saturated carbocycles. The van der Waals surface area contributed by atoms with Crippen molar-refractivity contribution in [2.24, 2.45) is 0 Å². The molecule has 25 heavy (non-hydrogen) atoms. The van der Waals surface area contributed by atoms with Crippen LogP contribution in [0.2, 0.25) is 0 Å². The van der Waals surface area contributed by atoms with Crippen molar-refractivity contribution in [3.8, 4) is 11.5 Å². The first-order valence-corrected chi connectivity index (χ1v) is 7.62. The van der Waals surface area contributed by atoms with Crippen molar-refractivity contribution < 1.29 is 0 Å². The summed E-state index contributed by atoms with van der Waals surface area (Å²) in [5, 5.41) is 8.26. The van der Waals surface area contributed by atoms with E-state index >= 15 is 0 Å². The Labute approximate surface area is 145 Å². The van der Waals surface area contributed by atoms with Gasteiger partial charge in [-0.1, -0.05) is 12.8 Å². The highest BCUT2D eigenvalue weighted by Gasteiger charge is 2.10. The summed E-state index contributed by atoms with van der Waals surface area (Å²) in [6.45, 7) is 1.94. The summed E-state index contributed by atoms with van der Waals surface area (Å²) < 4.78 is 3.33. The molecule has 0 aliphatic heterocycles. The number of hydrogen-bond acceptors (Lipinski definition) is 7. The fourth-order valence-corrected chi connectivity index (χ4v) is 2.50. The summed E-state index contributed by atoms with van der Waals surface area (Å²) >= 11 is 3.85. The van der Waals surface area contributed by atoms with E-state index in [-0.39, 0.29) is 5.82 Å². The molecule has 10 heteroatoms. The van der Waals surface area contributed by atoms with Crippen LogP contribution < -0.4 is 11.2 Å². The average Bonchev–Trinajstić information content (AvgIpc) is 3.03. The van der Waals surface area contributed by atoms with Crippen molar-refractivity contribution in [3.63, 3.8) is 0 Å². The van der Waals surface area contributed by atoms with Gasteiger partial charge in [0.1, 0.15) is 17.2 Å². The molecule has 0 aliphatic rings. The molecule has 4 heterocycles. The third-order valence-corrected chi connectivity index (χ3v) is 3.91.